The lowest BCUT2D eigenvalue weighted by Crippen LogP contribution is -2.49. The number of nitrogens with one attached hydrogen (secondary N) is 1. The van der Waals surface area contributed by atoms with Crippen molar-refractivity contribution in [2.45, 2.75) is 65.0 Å². The van der Waals surface area contributed by atoms with E-state index in [1.54, 1.807) is 0 Å². The standard InChI is InChI=1S/C12H23NO2/c1-4-12(2,3)11(15)13-9-7-5-6-8-10(9)14/h9-10,14H,4-8H2,1-3H3,(H,13,15). The third kappa shape index (κ3) is 3.20. The molecule has 2 unspecified atom stereocenters. The van der Waals surface area contributed by atoms with Crippen molar-refractivity contribution in [3.8, 4) is 0 Å². The minimum absolute atomic E-state index is 0.0305. The van der Waals surface area contributed by atoms with E-state index in [1.807, 2.05) is 20.8 Å². The van der Waals surface area contributed by atoms with E-state index in [1.165, 1.54) is 0 Å². The number of aliphatic hydroxyl groups is 1. The molecule has 1 saturated carbocycles. The zero-order chi connectivity index (χ0) is 11.5. The molecule has 1 aliphatic rings. The molecule has 0 radical (unpaired) electrons. The SMILES string of the molecule is CCC(C)(C)C(=O)NC1CCCCC1O. The highest BCUT2D eigenvalue weighted by Gasteiger charge is 2.30. The first-order valence-electron chi connectivity index (χ1n) is 5.96. The van der Waals surface area contributed by atoms with Crippen molar-refractivity contribution in [1.82, 2.24) is 5.32 Å². The first kappa shape index (κ1) is 12.5. The average Bonchev–Trinajstić information content (AvgIpc) is 2.21. The van der Waals surface area contributed by atoms with Gasteiger partial charge in [-0.3, -0.25) is 4.79 Å². The Morgan fingerprint density at radius 1 is 1.40 bits per heavy atom. The first-order chi connectivity index (χ1) is 6.97. The van der Waals surface area contributed by atoms with Crippen LogP contribution in [0.3, 0.4) is 0 Å². The maximum absolute atomic E-state index is 11.9. The third-order valence-corrected chi connectivity index (χ3v) is 3.54. The molecule has 2 atom stereocenters. The Bertz CT molecular complexity index is 226. The molecule has 0 aromatic carbocycles. The fourth-order valence-electron chi connectivity index (χ4n) is 1.80. The van der Waals surface area contributed by atoms with E-state index in [9.17, 15) is 9.90 Å². The van der Waals surface area contributed by atoms with Gasteiger partial charge in [-0.05, 0) is 19.3 Å². The number of carbonyl (C=O) groups excluding carboxylic acids is 1. The van der Waals surface area contributed by atoms with Crippen molar-refractivity contribution in [3.05, 3.63) is 0 Å². The van der Waals surface area contributed by atoms with Gasteiger partial charge in [0.25, 0.3) is 0 Å². The topological polar surface area (TPSA) is 49.3 Å². The van der Waals surface area contributed by atoms with Crippen LogP contribution in [0.25, 0.3) is 0 Å². The molecule has 1 aliphatic carbocycles. The highest BCUT2D eigenvalue weighted by Crippen LogP contribution is 2.23. The van der Waals surface area contributed by atoms with Crippen LogP contribution in [0.1, 0.15) is 52.9 Å². The van der Waals surface area contributed by atoms with Gasteiger partial charge in [0, 0.05) is 5.41 Å². The molecule has 3 heteroatoms. The summed E-state index contributed by atoms with van der Waals surface area (Å²) < 4.78 is 0. The predicted octanol–water partition coefficient (Wildman–Crippen LogP) is 1.84. The number of rotatable bonds is 3. The van der Waals surface area contributed by atoms with E-state index < -0.39 is 0 Å². The summed E-state index contributed by atoms with van der Waals surface area (Å²) in [5, 5.41) is 12.7. The fraction of sp³-hybridized carbons (Fsp3) is 0.917. The number of hydrogen-bond donors (Lipinski definition) is 2. The summed E-state index contributed by atoms with van der Waals surface area (Å²) in [5.74, 6) is 0.0657. The molecule has 0 heterocycles. The molecular weight excluding hydrogens is 190 g/mol. The van der Waals surface area contributed by atoms with E-state index in [0.29, 0.717) is 0 Å². The highest BCUT2D eigenvalue weighted by molar-refractivity contribution is 5.82. The molecule has 1 rings (SSSR count). The van der Waals surface area contributed by atoms with Crippen LogP contribution >= 0.6 is 0 Å². The quantitative estimate of drug-likeness (QED) is 0.751. The van der Waals surface area contributed by atoms with Gasteiger partial charge in [-0.1, -0.05) is 33.6 Å². The van der Waals surface area contributed by atoms with Crippen LogP contribution in [0.15, 0.2) is 0 Å². The molecule has 0 aliphatic heterocycles. The number of carbonyl (C=O) groups is 1. The van der Waals surface area contributed by atoms with Crippen molar-refractivity contribution in [2.24, 2.45) is 5.41 Å². The van der Waals surface area contributed by atoms with Gasteiger partial charge in [-0.25, -0.2) is 0 Å². The summed E-state index contributed by atoms with van der Waals surface area (Å²) in [6, 6.07) is -0.0305. The predicted molar refractivity (Wildman–Crippen MR) is 60.5 cm³/mol. The summed E-state index contributed by atoms with van der Waals surface area (Å²) >= 11 is 0. The van der Waals surface area contributed by atoms with E-state index in [4.69, 9.17) is 0 Å². The van der Waals surface area contributed by atoms with Gasteiger partial charge in [0.15, 0.2) is 0 Å². The molecule has 0 aromatic heterocycles. The number of amides is 1. The van der Waals surface area contributed by atoms with Crippen LogP contribution in [-0.4, -0.2) is 23.2 Å². The summed E-state index contributed by atoms with van der Waals surface area (Å²) in [7, 11) is 0. The minimum Gasteiger partial charge on any atom is -0.391 e. The van der Waals surface area contributed by atoms with E-state index in [0.717, 1.165) is 32.1 Å². The van der Waals surface area contributed by atoms with Gasteiger partial charge in [-0.15, -0.1) is 0 Å². The van der Waals surface area contributed by atoms with Gasteiger partial charge in [-0.2, -0.15) is 0 Å². The van der Waals surface area contributed by atoms with E-state index in [2.05, 4.69) is 5.32 Å². The van der Waals surface area contributed by atoms with Gasteiger partial charge < -0.3 is 10.4 Å². The molecule has 88 valence electrons. The summed E-state index contributed by atoms with van der Waals surface area (Å²) in [6.45, 7) is 5.89. The lowest BCUT2D eigenvalue weighted by atomic mass is 9.87. The first-order valence-corrected chi connectivity index (χ1v) is 5.96. The Kier molecular flexibility index (Phi) is 4.14. The van der Waals surface area contributed by atoms with Crippen molar-refractivity contribution >= 4 is 5.91 Å². The fourth-order valence-corrected chi connectivity index (χ4v) is 1.80. The number of hydrogen-bond acceptors (Lipinski definition) is 2. The van der Waals surface area contributed by atoms with Crippen molar-refractivity contribution in [1.29, 1.82) is 0 Å². The second-order valence-electron chi connectivity index (χ2n) is 5.17. The lowest BCUT2D eigenvalue weighted by Gasteiger charge is -2.31. The van der Waals surface area contributed by atoms with Gasteiger partial charge in [0.05, 0.1) is 12.1 Å². The highest BCUT2D eigenvalue weighted by atomic mass is 16.3. The Morgan fingerprint density at radius 2 is 2.00 bits per heavy atom. The van der Waals surface area contributed by atoms with Crippen LogP contribution < -0.4 is 5.32 Å². The van der Waals surface area contributed by atoms with Crippen LogP contribution in [0.2, 0.25) is 0 Å². The van der Waals surface area contributed by atoms with Crippen LogP contribution in [-0.2, 0) is 4.79 Å². The van der Waals surface area contributed by atoms with Crippen LogP contribution in [0.5, 0.6) is 0 Å². The summed E-state index contributed by atoms with van der Waals surface area (Å²) in [4.78, 5) is 11.9. The van der Waals surface area contributed by atoms with Gasteiger partial charge >= 0.3 is 0 Å². The molecule has 0 spiro atoms. The Balaban J connectivity index is 2.50. The zero-order valence-electron chi connectivity index (χ0n) is 10.0. The van der Waals surface area contributed by atoms with Crippen molar-refractivity contribution < 1.29 is 9.90 Å². The molecule has 1 amide bonds. The Labute approximate surface area is 92.3 Å². The van der Waals surface area contributed by atoms with Crippen LogP contribution in [0.4, 0.5) is 0 Å². The third-order valence-electron chi connectivity index (χ3n) is 3.54. The van der Waals surface area contributed by atoms with E-state index >= 15 is 0 Å². The molecule has 15 heavy (non-hydrogen) atoms. The van der Waals surface area contributed by atoms with Crippen LogP contribution in [0, 0.1) is 5.41 Å². The maximum atomic E-state index is 11.9. The molecular formula is C12H23NO2. The Morgan fingerprint density at radius 3 is 2.53 bits per heavy atom. The molecule has 1 fully saturated rings. The van der Waals surface area contributed by atoms with Gasteiger partial charge in [0.2, 0.25) is 5.91 Å². The zero-order valence-corrected chi connectivity index (χ0v) is 10.0. The van der Waals surface area contributed by atoms with Crippen molar-refractivity contribution in [2.75, 3.05) is 0 Å². The summed E-state index contributed by atoms with van der Waals surface area (Å²) in [6.07, 6.45) is 4.38. The lowest BCUT2D eigenvalue weighted by molar-refractivity contribution is -0.131. The van der Waals surface area contributed by atoms with Crippen molar-refractivity contribution in [3.63, 3.8) is 0 Å². The normalized spacial score (nSPS) is 27.5. The number of aliphatic hydroxyl groups excluding tert-OH is 1. The molecule has 2 N–H and O–H groups in total. The summed E-state index contributed by atoms with van der Waals surface area (Å²) in [5.41, 5.74) is -0.322. The molecule has 0 aromatic rings. The second-order valence-corrected chi connectivity index (χ2v) is 5.17. The molecule has 0 bridgehead atoms. The largest absolute Gasteiger partial charge is 0.391 e. The molecule has 3 nitrogen and oxygen atoms in total. The second kappa shape index (κ2) is 4.97. The average molecular weight is 213 g/mol. The maximum Gasteiger partial charge on any atom is 0.225 e. The van der Waals surface area contributed by atoms with Gasteiger partial charge in [0.1, 0.15) is 0 Å². The van der Waals surface area contributed by atoms with E-state index in [-0.39, 0.29) is 23.5 Å². The smallest absolute Gasteiger partial charge is 0.225 e. The Hall–Kier alpha value is -0.570. The monoisotopic (exact) mass is 213 g/mol. The minimum atomic E-state index is -0.352. The molecule has 0 saturated heterocycles.